The number of nitrogens with zero attached hydrogens (tertiary/aromatic N) is 7. The van der Waals surface area contributed by atoms with Crippen molar-refractivity contribution in [3.63, 3.8) is 0 Å². The molecule has 2 atom stereocenters. The van der Waals surface area contributed by atoms with Crippen molar-refractivity contribution in [3.8, 4) is 11.3 Å². The van der Waals surface area contributed by atoms with Gasteiger partial charge in [0, 0.05) is 38.9 Å². The van der Waals surface area contributed by atoms with Gasteiger partial charge in [0.05, 0.1) is 17.4 Å². The molecule has 3 aromatic rings. The van der Waals surface area contributed by atoms with E-state index >= 15 is 0 Å². The van der Waals surface area contributed by atoms with E-state index in [0.29, 0.717) is 24.7 Å². The zero-order valence-electron chi connectivity index (χ0n) is 17.6. The van der Waals surface area contributed by atoms with Crippen LogP contribution in [-0.4, -0.2) is 70.9 Å². The number of fused-ring (bicyclic) bond motifs is 1. The summed E-state index contributed by atoms with van der Waals surface area (Å²) in [5.74, 6) is 1.04. The van der Waals surface area contributed by atoms with E-state index in [0.717, 1.165) is 34.7 Å². The summed E-state index contributed by atoms with van der Waals surface area (Å²) in [5.41, 5.74) is 4.03. The Bertz CT molecular complexity index is 1080. The van der Waals surface area contributed by atoms with Crippen LogP contribution in [0.15, 0.2) is 34.6 Å². The fourth-order valence-corrected chi connectivity index (χ4v) is 3.77. The Labute approximate surface area is 174 Å². The van der Waals surface area contributed by atoms with E-state index in [4.69, 9.17) is 0 Å². The molecule has 3 aromatic heterocycles. The van der Waals surface area contributed by atoms with Crippen LogP contribution >= 0.6 is 0 Å². The lowest BCUT2D eigenvalue weighted by molar-refractivity contribution is 0.149. The predicted molar refractivity (Wildman–Crippen MR) is 115 cm³/mol. The molecule has 0 aliphatic carbocycles. The molecule has 4 rings (SSSR count). The van der Waals surface area contributed by atoms with Crippen LogP contribution in [0.5, 0.6) is 0 Å². The standard InChI is InChI=1S/C20H26FN9/c1-12-15(27-23-3)5-6-16(24-12)13-7-10-30-18(13)19(22-2)26-20(28-30)25-17-8-9-29(4)11-14(17)21/h5-7,10,14,17H,8-9,11H2,1-4H3,(H2,22,25,26,28). The van der Waals surface area contributed by atoms with Gasteiger partial charge in [0.25, 0.3) is 0 Å². The molecule has 0 spiro atoms. The fourth-order valence-electron chi connectivity index (χ4n) is 3.77. The van der Waals surface area contributed by atoms with Gasteiger partial charge in [-0.25, -0.2) is 8.91 Å². The largest absolute Gasteiger partial charge is 0.371 e. The van der Waals surface area contributed by atoms with Gasteiger partial charge >= 0.3 is 0 Å². The van der Waals surface area contributed by atoms with Crippen molar-refractivity contribution in [1.82, 2.24) is 24.5 Å². The Balaban J connectivity index is 1.69. The summed E-state index contributed by atoms with van der Waals surface area (Å²) in [6.07, 6.45) is 1.60. The maximum Gasteiger partial charge on any atom is 0.243 e. The smallest absolute Gasteiger partial charge is 0.243 e. The van der Waals surface area contributed by atoms with Gasteiger partial charge in [0.15, 0.2) is 5.82 Å². The molecule has 0 saturated carbocycles. The minimum absolute atomic E-state index is 0.303. The number of hydrogen-bond acceptors (Lipinski definition) is 8. The second-order valence-electron chi connectivity index (χ2n) is 7.48. The summed E-state index contributed by atoms with van der Waals surface area (Å²) in [4.78, 5) is 11.3. The van der Waals surface area contributed by atoms with Crippen LogP contribution in [0.3, 0.4) is 0 Å². The van der Waals surface area contributed by atoms with Crippen molar-refractivity contribution in [1.29, 1.82) is 0 Å². The van der Waals surface area contributed by atoms with Gasteiger partial charge in [0.2, 0.25) is 5.95 Å². The van der Waals surface area contributed by atoms with Crippen LogP contribution < -0.4 is 10.6 Å². The third-order valence-electron chi connectivity index (χ3n) is 5.35. The van der Waals surface area contributed by atoms with Crippen molar-refractivity contribution < 1.29 is 4.39 Å². The number of nitrogens with one attached hydrogen (secondary N) is 2. The van der Waals surface area contributed by atoms with Crippen LogP contribution in [0, 0.1) is 6.92 Å². The minimum atomic E-state index is -0.965. The monoisotopic (exact) mass is 411 g/mol. The van der Waals surface area contributed by atoms with E-state index in [1.807, 2.05) is 43.3 Å². The molecule has 1 fully saturated rings. The van der Waals surface area contributed by atoms with E-state index in [2.05, 4.69) is 35.9 Å². The van der Waals surface area contributed by atoms with Crippen molar-refractivity contribution in [2.75, 3.05) is 44.9 Å². The first-order valence-corrected chi connectivity index (χ1v) is 9.94. The molecule has 0 bridgehead atoms. The highest BCUT2D eigenvalue weighted by Crippen LogP contribution is 2.31. The molecule has 0 radical (unpaired) electrons. The summed E-state index contributed by atoms with van der Waals surface area (Å²) in [6, 6.07) is 5.45. The fraction of sp³-hybridized carbons (Fsp3) is 0.450. The molecule has 9 nitrogen and oxygen atoms in total. The highest BCUT2D eigenvalue weighted by Gasteiger charge is 2.28. The van der Waals surface area contributed by atoms with Crippen molar-refractivity contribution >= 4 is 23.0 Å². The van der Waals surface area contributed by atoms with Gasteiger partial charge in [-0.3, -0.25) is 4.98 Å². The molecule has 0 amide bonds. The van der Waals surface area contributed by atoms with Crippen LogP contribution in [0.25, 0.3) is 16.8 Å². The van der Waals surface area contributed by atoms with Gasteiger partial charge in [-0.15, -0.1) is 5.10 Å². The Morgan fingerprint density at radius 3 is 2.77 bits per heavy atom. The number of aryl methyl sites for hydroxylation is 1. The van der Waals surface area contributed by atoms with E-state index in [-0.39, 0.29) is 6.04 Å². The summed E-state index contributed by atoms with van der Waals surface area (Å²) in [6.45, 7) is 3.15. The van der Waals surface area contributed by atoms with Gasteiger partial charge in [-0.05, 0) is 38.6 Å². The Morgan fingerprint density at radius 1 is 1.23 bits per heavy atom. The van der Waals surface area contributed by atoms with Crippen LogP contribution in [-0.2, 0) is 0 Å². The Hall–Kier alpha value is -3.14. The molecule has 30 heavy (non-hydrogen) atoms. The number of piperidine rings is 1. The SMILES string of the molecule is CN=Nc1ccc(-c2ccn3nc(NC4CCN(C)CC4F)nc(NC)c23)nc1C. The number of rotatable bonds is 5. The third kappa shape index (κ3) is 3.82. The first-order chi connectivity index (χ1) is 14.5. The molecular weight excluding hydrogens is 385 g/mol. The van der Waals surface area contributed by atoms with Crippen molar-refractivity contribution in [2.24, 2.45) is 10.2 Å². The molecule has 4 heterocycles. The average Bonchev–Trinajstić information content (AvgIpc) is 3.15. The number of likely N-dealkylation sites (tertiary alicyclic amines) is 1. The minimum Gasteiger partial charge on any atom is -0.371 e. The van der Waals surface area contributed by atoms with Gasteiger partial charge in [0.1, 0.15) is 17.4 Å². The number of azo groups is 1. The molecule has 10 heteroatoms. The van der Waals surface area contributed by atoms with E-state index in [1.165, 1.54) is 0 Å². The second-order valence-corrected chi connectivity index (χ2v) is 7.48. The number of pyridine rings is 1. The second kappa shape index (κ2) is 8.31. The maximum absolute atomic E-state index is 14.4. The third-order valence-corrected chi connectivity index (χ3v) is 5.35. The molecule has 2 N–H and O–H groups in total. The highest BCUT2D eigenvalue weighted by atomic mass is 19.1. The summed E-state index contributed by atoms with van der Waals surface area (Å²) >= 11 is 0. The molecule has 1 saturated heterocycles. The molecule has 158 valence electrons. The van der Waals surface area contributed by atoms with E-state index in [9.17, 15) is 4.39 Å². The quantitative estimate of drug-likeness (QED) is 0.626. The van der Waals surface area contributed by atoms with E-state index < -0.39 is 6.17 Å². The zero-order chi connectivity index (χ0) is 21.3. The Morgan fingerprint density at radius 2 is 2.07 bits per heavy atom. The van der Waals surface area contributed by atoms with Crippen LogP contribution in [0.4, 0.5) is 21.8 Å². The first-order valence-electron chi connectivity index (χ1n) is 9.94. The lowest BCUT2D eigenvalue weighted by atomic mass is 10.0. The number of anilines is 2. The number of aromatic nitrogens is 4. The van der Waals surface area contributed by atoms with Crippen LogP contribution in [0.1, 0.15) is 12.1 Å². The predicted octanol–water partition coefficient (Wildman–Crippen LogP) is 3.31. The normalized spacial score (nSPS) is 20.2. The lowest BCUT2D eigenvalue weighted by Crippen LogP contribution is -2.46. The summed E-state index contributed by atoms with van der Waals surface area (Å²) in [7, 11) is 5.37. The topological polar surface area (TPSA) is 95.1 Å². The number of hydrogen-bond donors (Lipinski definition) is 2. The lowest BCUT2D eigenvalue weighted by Gasteiger charge is -2.32. The Kier molecular flexibility index (Phi) is 5.58. The van der Waals surface area contributed by atoms with E-state index in [1.54, 1.807) is 18.6 Å². The zero-order valence-corrected chi connectivity index (χ0v) is 17.6. The van der Waals surface area contributed by atoms with Gasteiger partial charge in [-0.2, -0.15) is 15.2 Å². The number of alkyl halides is 1. The van der Waals surface area contributed by atoms with Gasteiger partial charge < -0.3 is 15.5 Å². The summed E-state index contributed by atoms with van der Waals surface area (Å²) < 4.78 is 16.2. The average molecular weight is 411 g/mol. The molecule has 1 aliphatic rings. The van der Waals surface area contributed by atoms with Crippen LogP contribution in [0.2, 0.25) is 0 Å². The van der Waals surface area contributed by atoms with Crippen molar-refractivity contribution in [3.05, 3.63) is 30.1 Å². The highest BCUT2D eigenvalue weighted by molar-refractivity contribution is 5.87. The first kappa shape index (κ1) is 20.1. The molecule has 0 aromatic carbocycles. The molecule has 2 unspecified atom stereocenters. The summed E-state index contributed by atoms with van der Waals surface area (Å²) in [5, 5.41) is 18.8. The maximum atomic E-state index is 14.4. The molecular formula is C20H26FN9. The number of halogens is 1. The van der Waals surface area contributed by atoms with Crippen molar-refractivity contribution in [2.45, 2.75) is 25.6 Å². The molecule has 1 aliphatic heterocycles. The van der Waals surface area contributed by atoms with Gasteiger partial charge in [-0.1, -0.05) is 0 Å².